The molecule has 3 rings (SSSR count). The lowest BCUT2D eigenvalue weighted by atomic mass is 9.99. The molecular weight excluding hydrogens is 320 g/mol. The summed E-state index contributed by atoms with van der Waals surface area (Å²) >= 11 is 0. The number of morpholine rings is 1. The Morgan fingerprint density at radius 3 is 2.70 bits per heavy atom. The number of rotatable bonds is 3. The maximum absolute atomic E-state index is 12.8. The first-order valence-electron chi connectivity index (χ1n) is 7.87. The van der Waals surface area contributed by atoms with E-state index in [0.29, 0.717) is 50.9 Å². The molecule has 128 valence electrons. The van der Waals surface area contributed by atoms with Crippen LogP contribution in [0.15, 0.2) is 10.9 Å². The van der Waals surface area contributed by atoms with Crippen molar-refractivity contribution in [3.05, 3.63) is 27.9 Å². The molecule has 1 N–H and O–H groups in total. The van der Waals surface area contributed by atoms with Crippen LogP contribution >= 0.6 is 0 Å². The summed E-state index contributed by atoms with van der Waals surface area (Å²) in [5.74, 6) is 0.504. The average molecular weight is 342 g/mol. The maximum atomic E-state index is 12.8. The third-order valence-corrected chi connectivity index (χ3v) is 6.28. The van der Waals surface area contributed by atoms with Crippen molar-refractivity contribution in [3.8, 4) is 0 Å². The van der Waals surface area contributed by atoms with Crippen molar-refractivity contribution in [2.45, 2.75) is 25.7 Å². The molecule has 2 aliphatic heterocycles. The van der Waals surface area contributed by atoms with Crippen LogP contribution in [0.4, 0.5) is 0 Å². The number of aromatic amines is 1. The highest BCUT2D eigenvalue weighted by Crippen LogP contribution is 2.27. The van der Waals surface area contributed by atoms with E-state index in [4.69, 9.17) is 4.74 Å². The van der Waals surface area contributed by atoms with Gasteiger partial charge >= 0.3 is 0 Å². The highest BCUT2D eigenvalue weighted by Gasteiger charge is 2.35. The predicted molar refractivity (Wildman–Crippen MR) is 84.5 cm³/mol. The van der Waals surface area contributed by atoms with Crippen LogP contribution in [-0.2, 0) is 14.9 Å². The zero-order valence-corrected chi connectivity index (χ0v) is 14.0. The fraction of sp³-hybridized carbons (Fsp3) is 0.714. The molecule has 1 aromatic heterocycles. The summed E-state index contributed by atoms with van der Waals surface area (Å²) in [7, 11) is -3.48. The standard InChI is InChI=1S/C14H22N4O4S/c1-11-9-13(19)16-14(15-11)12-3-2-4-18(10-12)23(20,21)17-5-7-22-8-6-17/h9,12H,2-8,10H2,1H3,(H,15,16,19). The number of nitrogens with zero attached hydrogens (tertiary/aromatic N) is 3. The molecule has 2 saturated heterocycles. The van der Waals surface area contributed by atoms with Crippen LogP contribution in [0.25, 0.3) is 0 Å². The Labute approximate surface area is 135 Å². The largest absolute Gasteiger partial charge is 0.379 e. The van der Waals surface area contributed by atoms with Gasteiger partial charge in [0.2, 0.25) is 0 Å². The van der Waals surface area contributed by atoms with Crippen molar-refractivity contribution >= 4 is 10.2 Å². The van der Waals surface area contributed by atoms with Gasteiger partial charge in [-0.1, -0.05) is 0 Å². The van der Waals surface area contributed by atoms with E-state index >= 15 is 0 Å². The van der Waals surface area contributed by atoms with E-state index in [0.717, 1.165) is 12.8 Å². The normalized spacial score (nSPS) is 24.7. The van der Waals surface area contributed by atoms with Gasteiger partial charge in [0.25, 0.3) is 15.8 Å². The number of aryl methyl sites for hydroxylation is 1. The summed E-state index contributed by atoms with van der Waals surface area (Å²) in [5.41, 5.74) is 0.456. The Bertz CT molecular complexity index is 712. The highest BCUT2D eigenvalue weighted by molar-refractivity contribution is 7.86. The zero-order valence-electron chi connectivity index (χ0n) is 13.2. The molecule has 0 amide bonds. The zero-order chi connectivity index (χ0) is 16.4. The third-order valence-electron chi connectivity index (χ3n) is 4.28. The third kappa shape index (κ3) is 3.63. The summed E-state index contributed by atoms with van der Waals surface area (Å²) in [5, 5.41) is 0. The molecule has 2 fully saturated rings. The van der Waals surface area contributed by atoms with Crippen molar-refractivity contribution in [3.63, 3.8) is 0 Å². The first-order valence-corrected chi connectivity index (χ1v) is 9.27. The van der Waals surface area contributed by atoms with Gasteiger partial charge in [0.15, 0.2) is 0 Å². The Morgan fingerprint density at radius 2 is 2.00 bits per heavy atom. The molecule has 1 atom stereocenters. The van der Waals surface area contributed by atoms with E-state index in [2.05, 4.69) is 9.97 Å². The Balaban J connectivity index is 1.78. The Morgan fingerprint density at radius 1 is 1.26 bits per heavy atom. The van der Waals surface area contributed by atoms with Crippen LogP contribution < -0.4 is 5.56 Å². The van der Waals surface area contributed by atoms with Crippen molar-refractivity contribution < 1.29 is 13.2 Å². The van der Waals surface area contributed by atoms with Crippen LogP contribution in [0.5, 0.6) is 0 Å². The topological polar surface area (TPSA) is 95.6 Å². The molecule has 9 heteroatoms. The number of piperidine rings is 1. The average Bonchev–Trinajstić information content (AvgIpc) is 2.55. The molecule has 2 aliphatic rings. The summed E-state index contributed by atoms with van der Waals surface area (Å²) in [6.07, 6.45) is 1.58. The first-order chi connectivity index (χ1) is 11.0. The minimum atomic E-state index is -3.48. The maximum Gasteiger partial charge on any atom is 0.282 e. The van der Waals surface area contributed by atoms with Crippen molar-refractivity contribution in [1.82, 2.24) is 18.6 Å². The van der Waals surface area contributed by atoms with Crippen molar-refractivity contribution in [2.24, 2.45) is 0 Å². The SMILES string of the molecule is Cc1cc(=O)[nH]c(C2CCCN(S(=O)(=O)N3CCOCC3)C2)n1. The van der Waals surface area contributed by atoms with Gasteiger partial charge in [0.1, 0.15) is 5.82 Å². The Kier molecular flexibility index (Phi) is 4.81. The second kappa shape index (κ2) is 6.68. The van der Waals surface area contributed by atoms with Gasteiger partial charge in [-0.3, -0.25) is 4.79 Å². The van der Waals surface area contributed by atoms with Crippen LogP contribution in [-0.4, -0.2) is 66.4 Å². The molecule has 0 bridgehead atoms. The fourth-order valence-corrected chi connectivity index (χ4v) is 4.78. The van der Waals surface area contributed by atoms with Crippen molar-refractivity contribution in [1.29, 1.82) is 0 Å². The van der Waals surface area contributed by atoms with E-state index in [1.165, 1.54) is 14.7 Å². The second-order valence-corrected chi connectivity index (χ2v) is 7.92. The molecule has 0 saturated carbocycles. The minimum Gasteiger partial charge on any atom is -0.379 e. The molecule has 0 spiro atoms. The molecule has 0 radical (unpaired) electrons. The molecule has 8 nitrogen and oxygen atoms in total. The number of hydrogen-bond acceptors (Lipinski definition) is 5. The van der Waals surface area contributed by atoms with E-state index in [-0.39, 0.29) is 11.5 Å². The Hall–Kier alpha value is -1.29. The fourth-order valence-electron chi connectivity index (χ4n) is 3.11. The number of nitrogens with one attached hydrogen (secondary N) is 1. The second-order valence-electron chi connectivity index (χ2n) is 5.99. The summed E-state index contributed by atoms with van der Waals surface area (Å²) in [6.45, 7) is 4.28. The lowest BCUT2D eigenvalue weighted by molar-refractivity contribution is 0.0695. The van der Waals surface area contributed by atoms with Crippen LogP contribution in [0, 0.1) is 6.92 Å². The molecule has 1 unspecified atom stereocenters. The highest BCUT2D eigenvalue weighted by atomic mass is 32.2. The van der Waals surface area contributed by atoms with E-state index in [9.17, 15) is 13.2 Å². The lowest BCUT2D eigenvalue weighted by Gasteiger charge is -2.36. The number of ether oxygens (including phenoxy) is 1. The monoisotopic (exact) mass is 342 g/mol. The minimum absolute atomic E-state index is 0.0767. The number of hydrogen-bond donors (Lipinski definition) is 1. The predicted octanol–water partition coefficient (Wildman–Crippen LogP) is -0.165. The van der Waals surface area contributed by atoms with Gasteiger partial charge in [-0.2, -0.15) is 17.0 Å². The van der Waals surface area contributed by atoms with Gasteiger partial charge < -0.3 is 9.72 Å². The van der Waals surface area contributed by atoms with Crippen LogP contribution in [0.3, 0.4) is 0 Å². The van der Waals surface area contributed by atoms with Crippen LogP contribution in [0.2, 0.25) is 0 Å². The van der Waals surface area contributed by atoms with Gasteiger partial charge in [-0.25, -0.2) is 4.98 Å². The van der Waals surface area contributed by atoms with Gasteiger partial charge in [-0.05, 0) is 19.8 Å². The van der Waals surface area contributed by atoms with E-state index in [1.54, 1.807) is 6.92 Å². The van der Waals surface area contributed by atoms with Gasteiger partial charge in [0.05, 0.1) is 13.2 Å². The van der Waals surface area contributed by atoms with Gasteiger partial charge in [-0.15, -0.1) is 0 Å². The summed E-state index contributed by atoms with van der Waals surface area (Å²) < 4.78 is 33.7. The van der Waals surface area contributed by atoms with Crippen molar-refractivity contribution in [2.75, 3.05) is 39.4 Å². The molecule has 23 heavy (non-hydrogen) atoms. The number of H-pyrrole nitrogens is 1. The molecule has 0 aliphatic carbocycles. The molecule has 0 aromatic carbocycles. The van der Waals surface area contributed by atoms with E-state index in [1.807, 2.05) is 0 Å². The quantitative estimate of drug-likeness (QED) is 0.823. The summed E-state index contributed by atoms with van der Waals surface area (Å²) in [6, 6.07) is 1.44. The molecular formula is C14H22N4O4S. The lowest BCUT2D eigenvalue weighted by Crippen LogP contribution is -2.51. The van der Waals surface area contributed by atoms with E-state index < -0.39 is 10.2 Å². The summed E-state index contributed by atoms with van der Waals surface area (Å²) in [4.78, 5) is 18.8. The first kappa shape index (κ1) is 16.6. The number of aromatic nitrogens is 2. The molecule has 3 heterocycles. The molecule has 1 aromatic rings. The smallest absolute Gasteiger partial charge is 0.282 e. The van der Waals surface area contributed by atoms with Crippen LogP contribution in [0.1, 0.15) is 30.3 Å². The van der Waals surface area contributed by atoms with Gasteiger partial charge in [0, 0.05) is 43.9 Å².